The standard InChI is InChI=1S/C22H20F2N4O/c1-13-26-19-9-17(23)18(24)10-21(19)28(13)12-22(29)27-20(11-25)16-7-6-14-4-2-3-5-15(14)8-16/h2-10,20H,11-12,25H2,1H3,(H,27,29). The van der Waals surface area contributed by atoms with Gasteiger partial charge in [0.1, 0.15) is 12.4 Å². The van der Waals surface area contributed by atoms with Crippen LogP contribution in [0.3, 0.4) is 0 Å². The van der Waals surface area contributed by atoms with Crippen LogP contribution in [0, 0.1) is 18.6 Å². The Hall–Kier alpha value is -3.32. The normalized spacial score (nSPS) is 12.4. The van der Waals surface area contributed by atoms with Gasteiger partial charge in [-0.05, 0) is 29.3 Å². The fourth-order valence-electron chi connectivity index (χ4n) is 3.53. The van der Waals surface area contributed by atoms with Crippen molar-refractivity contribution in [2.24, 2.45) is 5.73 Å². The van der Waals surface area contributed by atoms with Crippen LogP contribution in [-0.4, -0.2) is 22.0 Å². The highest BCUT2D eigenvalue weighted by Gasteiger charge is 2.17. The van der Waals surface area contributed by atoms with Crippen LogP contribution in [0.2, 0.25) is 0 Å². The van der Waals surface area contributed by atoms with E-state index >= 15 is 0 Å². The number of aromatic nitrogens is 2. The van der Waals surface area contributed by atoms with Gasteiger partial charge in [-0.2, -0.15) is 0 Å². The zero-order valence-electron chi connectivity index (χ0n) is 15.8. The predicted molar refractivity (Wildman–Crippen MR) is 108 cm³/mol. The SMILES string of the molecule is Cc1nc2cc(F)c(F)cc2n1CC(=O)NC(CN)c1ccc2ccccc2c1. The molecular formula is C22H20F2N4O. The van der Waals surface area contributed by atoms with Gasteiger partial charge in [-0.3, -0.25) is 4.79 Å². The van der Waals surface area contributed by atoms with Crippen molar-refractivity contribution in [2.45, 2.75) is 19.5 Å². The zero-order chi connectivity index (χ0) is 20.5. The molecule has 0 spiro atoms. The molecule has 0 fully saturated rings. The summed E-state index contributed by atoms with van der Waals surface area (Å²) in [6.45, 7) is 1.85. The topological polar surface area (TPSA) is 72.9 Å². The molecule has 0 bridgehead atoms. The summed E-state index contributed by atoms with van der Waals surface area (Å²) >= 11 is 0. The molecule has 0 saturated heterocycles. The Bertz CT molecular complexity index is 1220. The van der Waals surface area contributed by atoms with Gasteiger partial charge >= 0.3 is 0 Å². The van der Waals surface area contributed by atoms with Gasteiger partial charge in [-0.25, -0.2) is 13.8 Å². The fourth-order valence-corrected chi connectivity index (χ4v) is 3.53. The third kappa shape index (κ3) is 3.69. The molecule has 5 nitrogen and oxygen atoms in total. The smallest absolute Gasteiger partial charge is 0.240 e. The Labute approximate surface area is 166 Å². The van der Waals surface area contributed by atoms with E-state index in [0.29, 0.717) is 16.9 Å². The highest BCUT2D eigenvalue weighted by Crippen LogP contribution is 2.22. The van der Waals surface area contributed by atoms with Gasteiger partial charge < -0.3 is 15.6 Å². The number of hydrogen-bond donors (Lipinski definition) is 2. The van der Waals surface area contributed by atoms with Crippen LogP contribution in [0.15, 0.2) is 54.6 Å². The van der Waals surface area contributed by atoms with Gasteiger partial charge in [0.05, 0.1) is 17.1 Å². The summed E-state index contributed by atoms with van der Waals surface area (Å²) in [5.41, 5.74) is 7.48. The van der Waals surface area contributed by atoms with Crippen molar-refractivity contribution in [3.8, 4) is 0 Å². The first-order chi connectivity index (χ1) is 14.0. The van der Waals surface area contributed by atoms with E-state index in [1.54, 1.807) is 11.5 Å². The number of hydrogen-bond acceptors (Lipinski definition) is 3. The quantitative estimate of drug-likeness (QED) is 0.543. The Morgan fingerprint density at radius 2 is 1.83 bits per heavy atom. The molecule has 1 aromatic heterocycles. The summed E-state index contributed by atoms with van der Waals surface area (Å²) in [5.74, 6) is -1.74. The first-order valence-electron chi connectivity index (χ1n) is 9.26. The molecule has 7 heteroatoms. The van der Waals surface area contributed by atoms with E-state index in [1.165, 1.54) is 0 Å². The number of fused-ring (bicyclic) bond motifs is 2. The predicted octanol–water partition coefficient (Wildman–Crippen LogP) is 3.59. The summed E-state index contributed by atoms with van der Waals surface area (Å²) in [7, 11) is 0. The molecule has 3 N–H and O–H groups in total. The van der Waals surface area contributed by atoms with E-state index in [9.17, 15) is 13.6 Å². The van der Waals surface area contributed by atoms with Gasteiger partial charge in [-0.15, -0.1) is 0 Å². The molecule has 1 heterocycles. The second-order valence-corrected chi connectivity index (χ2v) is 6.96. The second kappa shape index (κ2) is 7.60. The number of amides is 1. The summed E-state index contributed by atoms with van der Waals surface area (Å²) < 4.78 is 28.7. The van der Waals surface area contributed by atoms with Gasteiger partial charge in [0.15, 0.2) is 11.6 Å². The summed E-state index contributed by atoms with van der Waals surface area (Å²) in [6.07, 6.45) is 0. The van der Waals surface area contributed by atoms with Gasteiger partial charge in [0, 0.05) is 18.7 Å². The average Bonchev–Trinajstić information content (AvgIpc) is 3.00. The minimum absolute atomic E-state index is 0.0719. The molecule has 0 aliphatic carbocycles. The molecule has 0 aliphatic rings. The van der Waals surface area contributed by atoms with Crippen LogP contribution in [0.5, 0.6) is 0 Å². The van der Waals surface area contributed by atoms with Crippen molar-refractivity contribution in [3.63, 3.8) is 0 Å². The zero-order valence-corrected chi connectivity index (χ0v) is 15.8. The summed E-state index contributed by atoms with van der Waals surface area (Å²) in [4.78, 5) is 16.9. The Kier molecular flexibility index (Phi) is 4.98. The number of halogens is 2. The highest BCUT2D eigenvalue weighted by atomic mass is 19.2. The number of carbonyl (C=O) groups is 1. The van der Waals surface area contributed by atoms with Crippen molar-refractivity contribution in [2.75, 3.05) is 6.54 Å². The third-order valence-corrected chi connectivity index (χ3v) is 5.03. The van der Waals surface area contributed by atoms with E-state index in [4.69, 9.17) is 5.73 Å². The number of nitrogens with two attached hydrogens (primary N) is 1. The molecule has 0 saturated carbocycles. The van der Waals surface area contributed by atoms with E-state index < -0.39 is 11.6 Å². The minimum Gasteiger partial charge on any atom is -0.346 e. The first-order valence-corrected chi connectivity index (χ1v) is 9.26. The average molecular weight is 394 g/mol. The first kappa shape index (κ1) is 19.0. The van der Waals surface area contributed by atoms with Gasteiger partial charge in [-0.1, -0.05) is 36.4 Å². The summed E-state index contributed by atoms with van der Waals surface area (Å²) in [6, 6.07) is 15.6. The Balaban J connectivity index is 1.57. The van der Waals surface area contributed by atoms with Gasteiger partial charge in [0.2, 0.25) is 5.91 Å². The molecular weight excluding hydrogens is 374 g/mol. The maximum atomic E-state index is 13.7. The van der Waals surface area contributed by atoms with Crippen molar-refractivity contribution in [1.82, 2.24) is 14.9 Å². The van der Waals surface area contributed by atoms with Crippen molar-refractivity contribution < 1.29 is 13.6 Å². The van der Waals surface area contributed by atoms with E-state index in [2.05, 4.69) is 10.3 Å². The van der Waals surface area contributed by atoms with Crippen LogP contribution in [0.4, 0.5) is 8.78 Å². The van der Waals surface area contributed by atoms with Crippen LogP contribution in [0.25, 0.3) is 21.8 Å². The number of nitrogens with one attached hydrogen (secondary N) is 1. The van der Waals surface area contributed by atoms with Crippen LogP contribution >= 0.6 is 0 Å². The molecule has 4 rings (SSSR count). The summed E-state index contributed by atoms with van der Waals surface area (Å²) in [5, 5.41) is 5.09. The van der Waals surface area contributed by atoms with E-state index in [0.717, 1.165) is 28.5 Å². The van der Waals surface area contributed by atoms with E-state index in [1.807, 2.05) is 42.5 Å². The van der Waals surface area contributed by atoms with Crippen molar-refractivity contribution >= 4 is 27.7 Å². The number of nitrogens with zero attached hydrogens (tertiary/aromatic N) is 2. The largest absolute Gasteiger partial charge is 0.346 e. The Morgan fingerprint density at radius 1 is 1.10 bits per heavy atom. The highest BCUT2D eigenvalue weighted by molar-refractivity contribution is 5.84. The lowest BCUT2D eigenvalue weighted by molar-refractivity contribution is -0.122. The number of carbonyl (C=O) groups excluding carboxylic acids is 1. The second-order valence-electron chi connectivity index (χ2n) is 6.96. The maximum Gasteiger partial charge on any atom is 0.240 e. The molecule has 29 heavy (non-hydrogen) atoms. The monoisotopic (exact) mass is 394 g/mol. The lowest BCUT2D eigenvalue weighted by Crippen LogP contribution is -2.35. The van der Waals surface area contributed by atoms with Gasteiger partial charge in [0.25, 0.3) is 0 Å². The lowest BCUT2D eigenvalue weighted by Gasteiger charge is -2.18. The number of imidazole rings is 1. The number of rotatable bonds is 5. The molecule has 1 unspecified atom stereocenters. The lowest BCUT2D eigenvalue weighted by atomic mass is 10.0. The number of benzene rings is 3. The van der Waals surface area contributed by atoms with Crippen LogP contribution < -0.4 is 11.1 Å². The minimum atomic E-state index is -0.977. The fraction of sp³-hybridized carbons (Fsp3) is 0.182. The Morgan fingerprint density at radius 3 is 2.59 bits per heavy atom. The number of aryl methyl sites for hydroxylation is 1. The molecule has 3 aromatic carbocycles. The maximum absolute atomic E-state index is 13.7. The van der Waals surface area contributed by atoms with Crippen molar-refractivity contribution in [3.05, 3.63) is 77.6 Å². The third-order valence-electron chi connectivity index (χ3n) is 5.03. The molecule has 0 radical (unpaired) electrons. The molecule has 0 aliphatic heterocycles. The molecule has 148 valence electrons. The van der Waals surface area contributed by atoms with Crippen LogP contribution in [0.1, 0.15) is 17.4 Å². The molecule has 1 atom stereocenters. The van der Waals surface area contributed by atoms with Crippen molar-refractivity contribution in [1.29, 1.82) is 0 Å². The molecule has 4 aromatic rings. The van der Waals surface area contributed by atoms with Crippen LogP contribution in [-0.2, 0) is 11.3 Å². The molecule has 1 amide bonds. The van der Waals surface area contributed by atoms with E-state index in [-0.39, 0.29) is 25.0 Å².